The van der Waals surface area contributed by atoms with E-state index in [0.29, 0.717) is 13.1 Å². The van der Waals surface area contributed by atoms with Crippen LogP contribution in [-0.4, -0.2) is 38.0 Å². The van der Waals surface area contributed by atoms with Crippen LogP contribution in [0.3, 0.4) is 0 Å². The van der Waals surface area contributed by atoms with Crippen LogP contribution < -0.4 is 4.74 Å². The number of sulfonamides is 1. The highest BCUT2D eigenvalue weighted by molar-refractivity contribution is 7.89. The van der Waals surface area contributed by atoms with Crippen molar-refractivity contribution in [3.63, 3.8) is 0 Å². The Hall–Kier alpha value is -1.27. The molecular weight excluding hydrogens is 242 g/mol. The Bertz CT molecular complexity index is 506. The minimum Gasteiger partial charge on any atom is -0.508 e. The van der Waals surface area contributed by atoms with Crippen molar-refractivity contribution >= 4 is 10.0 Å². The number of methoxy groups -OCH3 is 1. The molecule has 0 saturated carbocycles. The average molecular weight is 257 g/mol. The van der Waals surface area contributed by atoms with Gasteiger partial charge in [0.15, 0.2) is 0 Å². The highest BCUT2D eigenvalue weighted by Crippen LogP contribution is 2.31. The van der Waals surface area contributed by atoms with Gasteiger partial charge in [0.1, 0.15) is 16.4 Å². The summed E-state index contributed by atoms with van der Waals surface area (Å²) in [6, 6.07) is 4.09. The van der Waals surface area contributed by atoms with Crippen LogP contribution in [0.5, 0.6) is 11.5 Å². The largest absolute Gasteiger partial charge is 0.508 e. The lowest BCUT2D eigenvalue weighted by Crippen LogP contribution is -2.28. The van der Waals surface area contributed by atoms with Gasteiger partial charge < -0.3 is 9.84 Å². The zero-order valence-electron chi connectivity index (χ0n) is 9.59. The van der Waals surface area contributed by atoms with Crippen molar-refractivity contribution < 1.29 is 18.3 Å². The molecule has 0 spiro atoms. The lowest BCUT2D eigenvalue weighted by Gasteiger charge is -2.17. The number of hydrogen-bond acceptors (Lipinski definition) is 4. The molecule has 0 unspecified atom stereocenters. The van der Waals surface area contributed by atoms with Crippen LogP contribution >= 0.6 is 0 Å². The predicted octanol–water partition coefficient (Wildman–Crippen LogP) is 1.19. The highest BCUT2D eigenvalue weighted by atomic mass is 32.2. The van der Waals surface area contributed by atoms with E-state index in [4.69, 9.17) is 4.74 Å². The maximum absolute atomic E-state index is 12.3. The Morgan fingerprint density at radius 1 is 1.29 bits per heavy atom. The van der Waals surface area contributed by atoms with Gasteiger partial charge in [0.2, 0.25) is 10.0 Å². The quantitative estimate of drug-likeness (QED) is 0.883. The smallest absolute Gasteiger partial charge is 0.246 e. The van der Waals surface area contributed by atoms with Gasteiger partial charge in [0.25, 0.3) is 0 Å². The minimum absolute atomic E-state index is 0.0295. The summed E-state index contributed by atoms with van der Waals surface area (Å²) in [5.74, 6) is 0.179. The standard InChI is InChI=1S/C11H15NO4S/c1-16-10-5-4-9(13)8-11(10)17(14,15)12-6-2-3-7-12/h4-5,8,13H,2-3,6-7H2,1H3. The van der Waals surface area contributed by atoms with Crippen LogP contribution in [0.15, 0.2) is 23.1 Å². The van der Waals surface area contributed by atoms with Gasteiger partial charge in [0, 0.05) is 19.2 Å². The van der Waals surface area contributed by atoms with Gasteiger partial charge in [-0.1, -0.05) is 0 Å². The second kappa shape index (κ2) is 4.54. The van der Waals surface area contributed by atoms with Crippen LogP contribution in [0.4, 0.5) is 0 Å². The lowest BCUT2D eigenvalue weighted by atomic mass is 10.3. The fourth-order valence-corrected chi connectivity index (χ4v) is 3.63. The fraction of sp³-hybridized carbons (Fsp3) is 0.455. The monoisotopic (exact) mass is 257 g/mol. The van der Waals surface area contributed by atoms with Crippen molar-refractivity contribution in [3.8, 4) is 11.5 Å². The summed E-state index contributed by atoms with van der Waals surface area (Å²) in [7, 11) is -2.14. The van der Waals surface area contributed by atoms with E-state index in [1.54, 1.807) is 0 Å². The molecule has 2 rings (SSSR count). The van der Waals surface area contributed by atoms with Crippen LogP contribution in [0, 0.1) is 0 Å². The Labute approximate surface area is 101 Å². The summed E-state index contributed by atoms with van der Waals surface area (Å²) in [4.78, 5) is 0.0295. The van der Waals surface area contributed by atoms with Crippen LogP contribution in [0.2, 0.25) is 0 Å². The first-order valence-corrected chi connectivity index (χ1v) is 6.87. The van der Waals surface area contributed by atoms with Crippen LogP contribution in [-0.2, 0) is 10.0 Å². The maximum Gasteiger partial charge on any atom is 0.246 e. The Morgan fingerprint density at radius 2 is 1.94 bits per heavy atom. The van der Waals surface area contributed by atoms with E-state index >= 15 is 0 Å². The molecule has 0 aliphatic carbocycles. The van der Waals surface area contributed by atoms with Gasteiger partial charge in [-0.2, -0.15) is 4.31 Å². The summed E-state index contributed by atoms with van der Waals surface area (Å²) < 4.78 is 31.1. The molecule has 0 bridgehead atoms. The third kappa shape index (κ3) is 2.23. The molecule has 1 aliphatic rings. The number of benzene rings is 1. The SMILES string of the molecule is COc1ccc(O)cc1S(=O)(=O)N1CCCC1. The first-order valence-electron chi connectivity index (χ1n) is 5.43. The van der Waals surface area contributed by atoms with E-state index < -0.39 is 10.0 Å². The number of phenols is 1. The third-order valence-corrected chi connectivity index (χ3v) is 4.75. The molecule has 1 aliphatic heterocycles. The molecule has 0 amide bonds. The van der Waals surface area contributed by atoms with Crippen LogP contribution in [0.1, 0.15) is 12.8 Å². The number of hydrogen-bond donors (Lipinski definition) is 1. The second-order valence-electron chi connectivity index (χ2n) is 3.95. The van der Waals surface area contributed by atoms with Crippen molar-refractivity contribution in [1.82, 2.24) is 4.31 Å². The van der Waals surface area contributed by atoms with Gasteiger partial charge in [0.05, 0.1) is 7.11 Å². The number of ether oxygens (including phenoxy) is 1. The fourth-order valence-electron chi connectivity index (χ4n) is 1.93. The summed E-state index contributed by atoms with van der Waals surface area (Å²) in [5.41, 5.74) is 0. The third-order valence-electron chi connectivity index (χ3n) is 2.83. The molecule has 17 heavy (non-hydrogen) atoms. The van der Waals surface area contributed by atoms with E-state index in [1.807, 2.05) is 0 Å². The van der Waals surface area contributed by atoms with E-state index in [1.165, 1.54) is 29.6 Å². The summed E-state index contributed by atoms with van der Waals surface area (Å²) in [6.07, 6.45) is 1.75. The van der Waals surface area contributed by atoms with Gasteiger partial charge in [-0.25, -0.2) is 8.42 Å². The summed E-state index contributed by atoms with van der Waals surface area (Å²) in [5, 5.41) is 9.40. The van der Waals surface area contributed by atoms with Crippen molar-refractivity contribution in [2.45, 2.75) is 17.7 Å². The van der Waals surface area contributed by atoms with Gasteiger partial charge in [-0.05, 0) is 25.0 Å². The van der Waals surface area contributed by atoms with Crippen molar-refractivity contribution in [2.75, 3.05) is 20.2 Å². The van der Waals surface area contributed by atoms with Crippen molar-refractivity contribution in [1.29, 1.82) is 0 Å². The molecule has 1 aromatic rings. The molecule has 1 aromatic carbocycles. The molecule has 0 radical (unpaired) electrons. The van der Waals surface area contributed by atoms with Gasteiger partial charge >= 0.3 is 0 Å². The minimum atomic E-state index is -3.56. The van der Waals surface area contributed by atoms with E-state index in [9.17, 15) is 13.5 Å². The molecule has 6 heteroatoms. The number of aromatic hydroxyl groups is 1. The molecule has 1 saturated heterocycles. The molecule has 5 nitrogen and oxygen atoms in total. The average Bonchev–Trinajstić information content (AvgIpc) is 2.83. The van der Waals surface area contributed by atoms with Crippen molar-refractivity contribution in [3.05, 3.63) is 18.2 Å². The van der Waals surface area contributed by atoms with Crippen molar-refractivity contribution in [2.24, 2.45) is 0 Å². The topological polar surface area (TPSA) is 66.8 Å². The maximum atomic E-state index is 12.3. The van der Waals surface area contributed by atoms with Gasteiger partial charge in [-0.3, -0.25) is 0 Å². The molecule has 1 N–H and O–H groups in total. The Morgan fingerprint density at radius 3 is 2.53 bits per heavy atom. The molecule has 0 aromatic heterocycles. The zero-order chi connectivity index (χ0) is 12.5. The zero-order valence-corrected chi connectivity index (χ0v) is 10.4. The van der Waals surface area contributed by atoms with E-state index in [0.717, 1.165) is 12.8 Å². The molecular formula is C11H15NO4S. The summed E-state index contributed by atoms with van der Waals surface area (Å²) in [6.45, 7) is 1.06. The molecule has 94 valence electrons. The first kappa shape index (κ1) is 12.2. The Balaban J connectivity index is 2.47. The number of phenolic OH excluding ortho intramolecular Hbond substituents is 1. The molecule has 1 heterocycles. The van der Waals surface area contributed by atoms with Crippen LogP contribution in [0.25, 0.3) is 0 Å². The summed E-state index contributed by atoms with van der Waals surface area (Å²) >= 11 is 0. The molecule has 0 atom stereocenters. The number of nitrogens with zero attached hydrogens (tertiary/aromatic N) is 1. The van der Waals surface area contributed by atoms with Gasteiger partial charge in [-0.15, -0.1) is 0 Å². The number of rotatable bonds is 3. The Kier molecular flexibility index (Phi) is 3.26. The van der Waals surface area contributed by atoms with E-state index in [-0.39, 0.29) is 16.4 Å². The lowest BCUT2D eigenvalue weighted by molar-refractivity contribution is 0.394. The molecule has 1 fully saturated rings. The first-order chi connectivity index (χ1) is 8.05. The normalized spacial score (nSPS) is 17.2. The highest BCUT2D eigenvalue weighted by Gasteiger charge is 2.30. The predicted molar refractivity (Wildman–Crippen MR) is 62.7 cm³/mol. The second-order valence-corrected chi connectivity index (χ2v) is 5.85. The van der Waals surface area contributed by atoms with E-state index in [2.05, 4.69) is 0 Å².